The number of anilines is 2. The first kappa shape index (κ1) is 20.3. The van der Waals surface area contributed by atoms with Crippen molar-refractivity contribution in [1.82, 2.24) is 4.57 Å². The average Bonchev–Trinajstić information content (AvgIpc) is 2.65. The Bertz CT molecular complexity index is 1200. The molecule has 0 saturated carbocycles. The van der Waals surface area contributed by atoms with E-state index < -0.39 is 21.4 Å². The van der Waals surface area contributed by atoms with E-state index in [9.17, 15) is 22.4 Å². The molecule has 0 fully saturated rings. The lowest BCUT2D eigenvalue weighted by Gasteiger charge is -2.11. The van der Waals surface area contributed by atoms with Crippen LogP contribution in [0.2, 0.25) is 0 Å². The van der Waals surface area contributed by atoms with E-state index in [-0.39, 0.29) is 23.0 Å². The number of carbonyl (C=O) groups is 1. The van der Waals surface area contributed by atoms with E-state index in [2.05, 4.69) is 10.0 Å². The third kappa shape index (κ3) is 5.08. The zero-order chi connectivity index (χ0) is 21.0. The quantitative estimate of drug-likeness (QED) is 0.647. The third-order valence-electron chi connectivity index (χ3n) is 3.99. The van der Waals surface area contributed by atoms with Crippen molar-refractivity contribution in [3.05, 3.63) is 88.6 Å². The van der Waals surface area contributed by atoms with Crippen LogP contribution in [0.4, 0.5) is 15.8 Å². The molecule has 3 aromatic rings. The Morgan fingerprint density at radius 2 is 1.79 bits per heavy atom. The van der Waals surface area contributed by atoms with E-state index in [0.29, 0.717) is 11.3 Å². The molecule has 2 N–H and O–H groups in total. The fourth-order valence-corrected chi connectivity index (χ4v) is 3.75. The molecule has 0 spiro atoms. The van der Waals surface area contributed by atoms with Crippen molar-refractivity contribution in [3.8, 4) is 0 Å². The predicted molar refractivity (Wildman–Crippen MR) is 108 cm³/mol. The van der Waals surface area contributed by atoms with Crippen molar-refractivity contribution in [2.75, 3.05) is 10.0 Å². The Morgan fingerprint density at radius 3 is 2.45 bits per heavy atom. The average molecular weight is 415 g/mol. The van der Waals surface area contributed by atoms with E-state index in [1.807, 2.05) is 0 Å². The zero-order valence-corrected chi connectivity index (χ0v) is 16.2. The number of pyridine rings is 1. The number of aromatic nitrogens is 1. The Hall–Kier alpha value is -3.46. The summed E-state index contributed by atoms with van der Waals surface area (Å²) in [6.07, 6.45) is 1.49. The van der Waals surface area contributed by atoms with Gasteiger partial charge in [0, 0.05) is 18.8 Å². The van der Waals surface area contributed by atoms with Crippen LogP contribution < -0.4 is 15.6 Å². The molecule has 9 heteroatoms. The number of amides is 1. The van der Waals surface area contributed by atoms with Crippen LogP contribution in [0.1, 0.15) is 12.5 Å². The second-order valence-electron chi connectivity index (χ2n) is 6.30. The predicted octanol–water partition coefficient (Wildman–Crippen LogP) is 2.79. The summed E-state index contributed by atoms with van der Waals surface area (Å²) in [6, 6.07) is 14.2. The maximum absolute atomic E-state index is 13.4. The van der Waals surface area contributed by atoms with Gasteiger partial charge in [-0.3, -0.25) is 14.3 Å². The van der Waals surface area contributed by atoms with E-state index in [1.165, 1.54) is 72.3 Å². The highest BCUT2D eigenvalue weighted by Gasteiger charge is 2.16. The van der Waals surface area contributed by atoms with E-state index in [1.54, 1.807) is 6.07 Å². The van der Waals surface area contributed by atoms with Crippen LogP contribution in [0.3, 0.4) is 0 Å². The molecule has 3 rings (SSSR count). The lowest BCUT2D eigenvalue weighted by Crippen LogP contribution is -2.26. The summed E-state index contributed by atoms with van der Waals surface area (Å²) in [6.45, 7) is 1.44. The molecule has 1 aromatic heterocycles. The highest BCUT2D eigenvalue weighted by atomic mass is 32.2. The lowest BCUT2D eigenvalue weighted by atomic mass is 10.2. The molecule has 0 aliphatic carbocycles. The number of benzene rings is 2. The van der Waals surface area contributed by atoms with Gasteiger partial charge in [-0.25, -0.2) is 12.8 Å². The fraction of sp³-hybridized carbons (Fsp3) is 0.100. The molecule has 1 amide bonds. The van der Waals surface area contributed by atoms with Crippen LogP contribution in [0.25, 0.3) is 0 Å². The molecule has 0 saturated heterocycles. The minimum atomic E-state index is -4.01. The number of nitrogens with one attached hydrogen (secondary N) is 2. The van der Waals surface area contributed by atoms with Crippen molar-refractivity contribution in [2.45, 2.75) is 18.4 Å². The topological polar surface area (TPSA) is 97.3 Å². The molecule has 150 valence electrons. The van der Waals surface area contributed by atoms with Gasteiger partial charge < -0.3 is 9.88 Å². The number of nitrogens with zero attached hydrogens (tertiary/aromatic N) is 1. The fourth-order valence-electron chi connectivity index (χ4n) is 2.70. The van der Waals surface area contributed by atoms with Gasteiger partial charge in [-0.05, 0) is 54.1 Å². The summed E-state index contributed by atoms with van der Waals surface area (Å²) in [5.41, 5.74) is 0.333. The molecule has 29 heavy (non-hydrogen) atoms. The molecule has 0 aliphatic heterocycles. The zero-order valence-electron chi connectivity index (χ0n) is 15.4. The summed E-state index contributed by atoms with van der Waals surface area (Å²) in [7, 11) is -4.01. The molecule has 7 nitrogen and oxygen atoms in total. The minimum Gasteiger partial charge on any atom is -0.326 e. The first-order valence-electron chi connectivity index (χ1n) is 8.59. The molecule has 0 radical (unpaired) electrons. The number of halogens is 1. The summed E-state index contributed by atoms with van der Waals surface area (Å²) in [5, 5.41) is 2.54. The van der Waals surface area contributed by atoms with Gasteiger partial charge in [-0.15, -0.1) is 0 Å². The van der Waals surface area contributed by atoms with E-state index in [4.69, 9.17) is 0 Å². The SMILES string of the molecule is CC(=O)Nc1ccc(S(=O)(=O)Nc2cccn(Cc3cccc(F)c3)c2=O)cc1. The van der Waals surface area contributed by atoms with Gasteiger partial charge in [0.2, 0.25) is 5.91 Å². The molecule has 0 atom stereocenters. The molecule has 0 unspecified atom stereocenters. The highest BCUT2D eigenvalue weighted by Crippen LogP contribution is 2.17. The van der Waals surface area contributed by atoms with Gasteiger partial charge in [-0.2, -0.15) is 0 Å². The van der Waals surface area contributed by atoms with Crippen molar-refractivity contribution in [2.24, 2.45) is 0 Å². The Kier molecular flexibility index (Phi) is 5.79. The van der Waals surface area contributed by atoms with Crippen LogP contribution in [0, 0.1) is 5.82 Å². The molecule has 0 bridgehead atoms. The van der Waals surface area contributed by atoms with Crippen LogP contribution in [0.15, 0.2) is 76.6 Å². The monoisotopic (exact) mass is 415 g/mol. The standard InChI is InChI=1S/C20H18FN3O4S/c1-14(25)22-17-7-9-18(10-8-17)29(27,28)23-19-6-3-11-24(20(19)26)13-15-4-2-5-16(21)12-15/h2-12,23H,13H2,1H3,(H,22,25). The smallest absolute Gasteiger partial charge is 0.275 e. The Balaban J connectivity index is 1.84. The van der Waals surface area contributed by atoms with Gasteiger partial charge >= 0.3 is 0 Å². The summed E-state index contributed by atoms with van der Waals surface area (Å²) < 4.78 is 42.1. The van der Waals surface area contributed by atoms with E-state index in [0.717, 1.165) is 0 Å². The van der Waals surface area contributed by atoms with Gasteiger partial charge in [0.25, 0.3) is 15.6 Å². The molecular weight excluding hydrogens is 397 g/mol. The summed E-state index contributed by atoms with van der Waals surface area (Å²) in [4.78, 5) is 23.6. The van der Waals surface area contributed by atoms with Gasteiger partial charge in [-0.1, -0.05) is 12.1 Å². The van der Waals surface area contributed by atoms with Crippen molar-refractivity contribution >= 4 is 27.3 Å². The first-order chi connectivity index (χ1) is 13.7. The van der Waals surface area contributed by atoms with Gasteiger partial charge in [0.05, 0.1) is 11.4 Å². The first-order valence-corrected chi connectivity index (χ1v) is 10.1. The maximum atomic E-state index is 13.4. The number of sulfonamides is 1. The van der Waals surface area contributed by atoms with Gasteiger partial charge in [0.15, 0.2) is 0 Å². The number of hydrogen-bond acceptors (Lipinski definition) is 4. The van der Waals surface area contributed by atoms with Crippen molar-refractivity contribution in [3.63, 3.8) is 0 Å². The second kappa shape index (κ2) is 8.27. The normalized spacial score (nSPS) is 11.1. The summed E-state index contributed by atoms with van der Waals surface area (Å²) in [5.74, 6) is -0.697. The molecule has 1 heterocycles. The number of carbonyl (C=O) groups excluding carboxylic acids is 1. The molecule has 2 aromatic carbocycles. The van der Waals surface area contributed by atoms with Crippen molar-refractivity contribution < 1.29 is 17.6 Å². The second-order valence-corrected chi connectivity index (χ2v) is 7.98. The van der Waals surface area contributed by atoms with Crippen LogP contribution >= 0.6 is 0 Å². The van der Waals surface area contributed by atoms with E-state index >= 15 is 0 Å². The molecule has 0 aliphatic rings. The number of hydrogen-bond donors (Lipinski definition) is 2. The maximum Gasteiger partial charge on any atom is 0.275 e. The lowest BCUT2D eigenvalue weighted by molar-refractivity contribution is -0.114. The van der Waals surface area contributed by atoms with Gasteiger partial charge in [0.1, 0.15) is 11.5 Å². The summed E-state index contributed by atoms with van der Waals surface area (Å²) >= 11 is 0. The molecular formula is C20H18FN3O4S. The van der Waals surface area contributed by atoms with Crippen LogP contribution in [-0.4, -0.2) is 18.9 Å². The third-order valence-corrected chi connectivity index (χ3v) is 5.37. The highest BCUT2D eigenvalue weighted by molar-refractivity contribution is 7.92. The number of rotatable bonds is 6. The Labute approximate surface area is 166 Å². The van der Waals surface area contributed by atoms with Crippen LogP contribution in [-0.2, 0) is 21.4 Å². The largest absolute Gasteiger partial charge is 0.326 e. The van der Waals surface area contributed by atoms with Crippen LogP contribution in [0.5, 0.6) is 0 Å². The van der Waals surface area contributed by atoms with Crippen molar-refractivity contribution in [1.29, 1.82) is 0 Å². The Morgan fingerprint density at radius 1 is 1.07 bits per heavy atom. The minimum absolute atomic E-state index is 0.0634.